The molecule has 2 aliphatic carbocycles. The third-order valence-electron chi connectivity index (χ3n) is 30.4. The number of hydrogen-bond donors (Lipinski definition) is 0. The largest absolute Gasteiger partial charge is 0.437 e. The molecule has 0 bridgehead atoms. The van der Waals surface area contributed by atoms with Gasteiger partial charge in [0.2, 0.25) is 57.0 Å². The Labute approximate surface area is 867 Å². The van der Waals surface area contributed by atoms with E-state index >= 15 is 0 Å². The van der Waals surface area contributed by atoms with Crippen molar-refractivity contribution in [2.45, 2.75) is 159 Å². The lowest BCUT2D eigenvalue weighted by molar-refractivity contribution is -0.660. The van der Waals surface area contributed by atoms with Crippen LogP contribution in [-0.2, 0) is 60.7 Å². The van der Waals surface area contributed by atoms with Crippen LogP contribution < -0.4 is 22.8 Å². The second kappa shape index (κ2) is 39.2. The molecule has 0 N–H and O–H groups in total. The SMILES string of the molecule is Cc1cc[n+](C)c(-c2c(C)c3ccccc3c3c2oc2nc(C)ccc23)c1.[2H]C([2H])(C)c1cc[n+](C)c(-c2c(C)c3ccccc3c3c2oc2nc(C)ccc23)c1.[2H]C([2H])(c1cc[n+](C)c(-c2c(C)c3ccccc3c3c2oc2ncccc23)c1)C(C)C.[2H]C([2H])(c1cc[n+](C)c(-c2c(C)c3ccccc3c3c2oc2ncccc23)c1)C1CCCC1.[2H]C([2H])(c1cc[n+](C)c(-c2c(C)c3ccccc3c3c2oc2ncccc23)c1)C1CCCCC1. The molecular formula is C132H125N10O5+5. The molecule has 0 amide bonds. The summed E-state index contributed by atoms with van der Waals surface area (Å²) in [6.07, 6.45) is 19.2. The lowest BCUT2D eigenvalue weighted by Crippen LogP contribution is -2.31. The molecule has 15 heteroatoms. The molecule has 0 atom stereocenters. The minimum Gasteiger partial charge on any atom is -0.437 e. The minimum absolute atomic E-state index is 0.0647. The summed E-state index contributed by atoms with van der Waals surface area (Å²) in [5, 5.41) is 22.2. The van der Waals surface area contributed by atoms with Crippen molar-refractivity contribution < 1.29 is 55.9 Å². The van der Waals surface area contributed by atoms with Crippen LogP contribution in [0.3, 0.4) is 0 Å². The Morgan fingerprint density at radius 3 is 0.864 bits per heavy atom. The topological polar surface area (TPSA) is 150 Å². The predicted molar refractivity (Wildman–Crippen MR) is 600 cm³/mol. The zero-order valence-electron chi connectivity index (χ0n) is 94.3. The van der Waals surface area contributed by atoms with Gasteiger partial charge in [0.1, 0.15) is 35.2 Å². The molecule has 0 unspecified atom stereocenters. The molecule has 2 fully saturated rings. The number of pyridine rings is 10. The highest BCUT2D eigenvalue weighted by Gasteiger charge is 2.33. The Bertz CT molecular complexity index is 10000. The number of aryl methyl sites for hydroxylation is 14. The first-order valence-electron chi connectivity index (χ1n) is 55.5. The summed E-state index contributed by atoms with van der Waals surface area (Å²) in [5.41, 5.74) is 29.0. The van der Waals surface area contributed by atoms with Crippen LogP contribution in [0.2, 0.25) is 0 Å². The van der Waals surface area contributed by atoms with Crippen molar-refractivity contribution in [1.29, 1.82) is 0 Å². The van der Waals surface area contributed by atoms with Crippen molar-refractivity contribution in [3.05, 3.63) is 359 Å². The van der Waals surface area contributed by atoms with E-state index in [2.05, 4.69) is 245 Å². The van der Waals surface area contributed by atoms with Crippen LogP contribution in [0.15, 0.2) is 314 Å². The van der Waals surface area contributed by atoms with Gasteiger partial charge >= 0.3 is 0 Å². The van der Waals surface area contributed by atoms with Gasteiger partial charge in [0.05, 0.1) is 27.8 Å². The van der Waals surface area contributed by atoms with Crippen LogP contribution in [0.1, 0.15) is 157 Å². The Morgan fingerprint density at radius 1 is 0.286 bits per heavy atom. The fourth-order valence-electron chi connectivity index (χ4n) is 23.1. The van der Waals surface area contributed by atoms with Crippen LogP contribution in [0, 0.1) is 73.1 Å². The molecule has 15 heterocycles. The van der Waals surface area contributed by atoms with Crippen molar-refractivity contribution in [2.75, 3.05) is 0 Å². The van der Waals surface area contributed by atoms with E-state index in [1.54, 1.807) is 25.5 Å². The smallest absolute Gasteiger partial charge is 0.227 e. The van der Waals surface area contributed by atoms with E-state index in [1.165, 1.54) is 39.1 Å². The van der Waals surface area contributed by atoms with Gasteiger partial charge in [-0.25, -0.2) is 47.8 Å². The standard InChI is InChI=1S/C29H29N2O.C28H27N2O.C26H25N2O.C25H23N2O.C24H21N2O/c1-19-22-11-6-7-12-23(22)27-24-13-8-15-30-29(24)32-28(27)26(19)25-18-21(14-16-31(25)2)17-20-9-4-3-5-10-20;1-18-21-10-5-6-11-22(21)26-23-12-7-14-29-28(23)31-27(26)25(18)24-17-20(13-15-30(24)2)16-19-8-3-4-9-19;1-16(2)14-18-11-13-28(4)22(15-18)23-17(3)19-8-5-6-9-20(19)24-21-10-7-12-27-26(21)29-25(23)24;1-5-17-12-13-27(4)21(14-17)22-16(3)18-8-6-7-9-19(18)23-20-11-10-15(2)26-25(20)28-24(22)23;1-14-11-12-26(4)20(13-14)21-16(3)17-7-5-6-8-18(17)22-19-10-9-15(2)25-24(19)27-23(21)22/h6-8,11-16,18,20H,3-5,9-10,17H2,1-2H3;5-7,10-15,17,19H,3-4,8-9,16H2,1-2H3;5-13,15-16H,14H2,1-4H3;6-14H,5H2,1-4H3;5-13H,1-4H3/q5*+1/i17D2;16D2;14D2;5D2;. The molecule has 0 aliphatic heterocycles. The van der Waals surface area contributed by atoms with Crippen molar-refractivity contribution in [3.8, 4) is 56.3 Å². The number of rotatable bonds is 12. The van der Waals surface area contributed by atoms with E-state index in [0.717, 1.165) is 267 Å². The van der Waals surface area contributed by atoms with Gasteiger partial charge in [-0.15, -0.1) is 0 Å². The average Bonchev–Trinajstić information content (AvgIpc) is 1.61. The summed E-state index contributed by atoms with van der Waals surface area (Å²) in [7, 11) is 10.1. The molecule has 2 aliphatic rings. The third kappa shape index (κ3) is 17.2. The molecule has 10 aromatic carbocycles. The van der Waals surface area contributed by atoms with E-state index < -0.39 is 25.5 Å². The van der Waals surface area contributed by atoms with Gasteiger partial charge in [0, 0.05) is 155 Å². The van der Waals surface area contributed by atoms with Gasteiger partial charge in [0.15, 0.2) is 58.9 Å². The monoisotopic (exact) mass is 1940 g/mol. The number of fused-ring (bicyclic) bond motifs is 25. The Kier molecular flexibility index (Phi) is 22.8. The van der Waals surface area contributed by atoms with E-state index in [9.17, 15) is 0 Å². The van der Waals surface area contributed by atoms with Gasteiger partial charge in [0.25, 0.3) is 0 Å². The highest BCUT2D eigenvalue weighted by molar-refractivity contribution is 6.28. The quantitative estimate of drug-likeness (QED) is 0.108. The maximum atomic E-state index is 9.05. The van der Waals surface area contributed by atoms with Crippen LogP contribution in [-0.4, -0.2) is 24.9 Å². The lowest BCUT2D eigenvalue weighted by Gasteiger charge is -2.21. The zero-order chi connectivity index (χ0) is 108. The molecule has 15 nitrogen and oxygen atoms in total. The first-order valence-corrected chi connectivity index (χ1v) is 51.5. The molecule has 2 saturated carbocycles. The van der Waals surface area contributed by atoms with Crippen molar-refractivity contribution in [2.24, 2.45) is 53.0 Å². The second-order valence-corrected chi connectivity index (χ2v) is 40.4. The number of benzene rings is 10. The molecular weight excluding hydrogens is 1810 g/mol. The number of furan rings is 5. The van der Waals surface area contributed by atoms with E-state index in [-0.39, 0.29) is 17.8 Å². The molecule has 15 aromatic heterocycles. The second-order valence-electron chi connectivity index (χ2n) is 40.4. The summed E-state index contributed by atoms with van der Waals surface area (Å²) in [6, 6.07) is 82.4. The third-order valence-corrected chi connectivity index (χ3v) is 30.4. The molecule has 0 saturated heterocycles. The normalized spacial score (nSPS) is 14.4. The lowest BCUT2D eigenvalue weighted by atomic mass is 9.84. The van der Waals surface area contributed by atoms with E-state index in [4.69, 9.17) is 33.1 Å². The van der Waals surface area contributed by atoms with E-state index in [1.807, 2.05) is 181 Å². The fourth-order valence-corrected chi connectivity index (χ4v) is 23.1. The van der Waals surface area contributed by atoms with Gasteiger partial charge in [-0.1, -0.05) is 200 Å². The molecule has 728 valence electrons. The first kappa shape index (κ1) is 85.4. The van der Waals surface area contributed by atoms with Crippen LogP contribution >= 0.6 is 0 Å². The minimum atomic E-state index is -1.43. The molecule has 0 spiro atoms. The number of nitrogens with zero attached hydrogens (tertiary/aromatic N) is 10. The van der Waals surface area contributed by atoms with Crippen molar-refractivity contribution >= 4 is 164 Å². The first-order chi connectivity index (χ1) is 74.5. The van der Waals surface area contributed by atoms with Gasteiger partial charge in [-0.2, -0.15) is 0 Å². The molecule has 147 heavy (non-hydrogen) atoms. The maximum absolute atomic E-state index is 9.05. The Balaban J connectivity index is 0.000000105. The van der Waals surface area contributed by atoms with Gasteiger partial charge in [-0.05, 0) is 269 Å². The fraction of sp³-hybridized carbons (Fsp3) is 0.242. The Hall–Kier alpha value is -16.0. The summed E-state index contributed by atoms with van der Waals surface area (Å²) < 4.78 is 112. The van der Waals surface area contributed by atoms with Gasteiger partial charge in [-0.3, -0.25) is 0 Å². The molecule has 25 aromatic rings. The maximum Gasteiger partial charge on any atom is 0.227 e. The predicted octanol–water partition coefficient (Wildman–Crippen LogP) is 31.2. The molecule has 0 radical (unpaired) electrons. The number of aromatic nitrogens is 10. The highest BCUT2D eigenvalue weighted by atomic mass is 16.4. The van der Waals surface area contributed by atoms with E-state index in [0.29, 0.717) is 39.7 Å². The van der Waals surface area contributed by atoms with Crippen LogP contribution in [0.25, 0.3) is 220 Å². The Morgan fingerprint density at radius 2 is 0.544 bits per heavy atom. The number of hydrogen-bond acceptors (Lipinski definition) is 10. The van der Waals surface area contributed by atoms with Crippen molar-refractivity contribution in [3.63, 3.8) is 0 Å². The average molecular weight is 1940 g/mol. The zero-order valence-corrected chi connectivity index (χ0v) is 86.3. The summed E-state index contributed by atoms with van der Waals surface area (Å²) in [4.78, 5) is 22.7. The summed E-state index contributed by atoms with van der Waals surface area (Å²) in [6.45, 7) is 22.2. The summed E-state index contributed by atoms with van der Waals surface area (Å²) >= 11 is 0. The van der Waals surface area contributed by atoms with Crippen molar-refractivity contribution in [1.82, 2.24) is 24.9 Å². The highest BCUT2D eigenvalue weighted by Crippen LogP contribution is 2.50. The summed E-state index contributed by atoms with van der Waals surface area (Å²) in [5.74, 6) is 0.00211. The van der Waals surface area contributed by atoms with Crippen LogP contribution in [0.5, 0.6) is 0 Å². The van der Waals surface area contributed by atoms with Crippen LogP contribution in [0.4, 0.5) is 0 Å². The van der Waals surface area contributed by atoms with Gasteiger partial charge < -0.3 is 22.1 Å². The molecule has 27 rings (SSSR count).